The zero-order valence-corrected chi connectivity index (χ0v) is 10.5. The van der Waals surface area contributed by atoms with Crippen LogP contribution in [0.25, 0.3) is 0 Å². The van der Waals surface area contributed by atoms with Crippen molar-refractivity contribution < 1.29 is 0 Å². The van der Waals surface area contributed by atoms with E-state index in [-0.39, 0.29) is 5.41 Å². The lowest BCUT2D eigenvalue weighted by Crippen LogP contribution is -2.28. The first-order chi connectivity index (χ1) is 8.11. The number of fused-ring (bicyclic) bond motifs is 1. The highest BCUT2D eigenvalue weighted by molar-refractivity contribution is 5.69. The Morgan fingerprint density at radius 2 is 2.00 bits per heavy atom. The first-order valence-corrected chi connectivity index (χ1v) is 5.82. The largest absolute Gasteiger partial charge is 0.348 e. The van der Waals surface area contributed by atoms with Crippen LogP contribution in [0, 0.1) is 12.3 Å². The fraction of sp³-hybridized carbons (Fsp3) is 0.250. The van der Waals surface area contributed by atoms with Gasteiger partial charge in [-0.1, -0.05) is 50.1 Å². The molecule has 0 saturated carbocycles. The molecule has 17 heavy (non-hydrogen) atoms. The Morgan fingerprint density at radius 3 is 2.65 bits per heavy atom. The van der Waals surface area contributed by atoms with Gasteiger partial charge >= 0.3 is 0 Å². The van der Waals surface area contributed by atoms with Crippen molar-refractivity contribution >= 4 is 5.69 Å². The van der Waals surface area contributed by atoms with E-state index in [1.165, 1.54) is 11.1 Å². The minimum atomic E-state index is -0.0595. The third-order valence-corrected chi connectivity index (χ3v) is 3.28. The number of terminal acetylenes is 1. The first-order valence-electron chi connectivity index (χ1n) is 5.82. The van der Waals surface area contributed by atoms with Crippen LogP contribution in [0.5, 0.6) is 0 Å². The Balaban J connectivity index is 2.67. The van der Waals surface area contributed by atoms with Crippen molar-refractivity contribution in [1.29, 1.82) is 0 Å². The van der Waals surface area contributed by atoms with Crippen LogP contribution in [0.2, 0.25) is 0 Å². The lowest BCUT2D eigenvalue weighted by molar-refractivity contribution is 0.629. The third-order valence-electron chi connectivity index (χ3n) is 3.28. The van der Waals surface area contributed by atoms with Gasteiger partial charge in [0.05, 0.1) is 5.70 Å². The molecular weight excluding hydrogens is 206 g/mol. The van der Waals surface area contributed by atoms with Crippen molar-refractivity contribution in [2.45, 2.75) is 26.2 Å². The van der Waals surface area contributed by atoms with Gasteiger partial charge in [-0.2, -0.15) is 0 Å². The van der Waals surface area contributed by atoms with Gasteiger partial charge in [-0.15, -0.1) is 6.42 Å². The minimum Gasteiger partial charge on any atom is -0.348 e. The number of hydrogen-bond acceptors (Lipinski definition) is 1. The van der Waals surface area contributed by atoms with Gasteiger partial charge < -0.3 is 5.32 Å². The maximum Gasteiger partial charge on any atom is 0.0936 e. The van der Waals surface area contributed by atoms with Gasteiger partial charge in [0.1, 0.15) is 0 Å². The second-order valence-electron chi connectivity index (χ2n) is 4.73. The van der Waals surface area contributed by atoms with Crippen molar-refractivity contribution in [3.63, 3.8) is 0 Å². The number of benzene rings is 1. The average molecular weight is 223 g/mol. The highest BCUT2D eigenvalue weighted by Crippen LogP contribution is 2.42. The monoisotopic (exact) mass is 223 g/mol. The molecule has 1 nitrogen and oxygen atoms in total. The van der Waals surface area contributed by atoms with Crippen molar-refractivity contribution in [2.75, 3.05) is 5.32 Å². The van der Waals surface area contributed by atoms with Gasteiger partial charge in [0.15, 0.2) is 0 Å². The molecule has 0 radical (unpaired) electrons. The summed E-state index contributed by atoms with van der Waals surface area (Å²) in [6.07, 6.45) is 9.73. The SMILES string of the molecule is C#CC1=C(/C=C\C)C(C)(C)c2ccccc2N1. The second-order valence-corrected chi connectivity index (χ2v) is 4.73. The summed E-state index contributed by atoms with van der Waals surface area (Å²) in [4.78, 5) is 0. The maximum absolute atomic E-state index is 5.60. The molecule has 0 saturated heterocycles. The zero-order valence-electron chi connectivity index (χ0n) is 10.5. The number of para-hydroxylation sites is 1. The number of anilines is 1. The fourth-order valence-corrected chi connectivity index (χ4v) is 2.37. The van der Waals surface area contributed by atoms with Crippen molar-refractivity contribution in [3.05, 3.63) is 53.3 Å². The molecule has 0 fully saturated rings. The Kier molecular flexibility index (Phi) is 2.81. The first kappa shape index (κ1) is 11.5. The Labute approximate surface area is 103 Å². The molecule has 1 aliphatic heterocycles. The molecule has 0 bridgehead atoms. The van der Waals surface area contributed by atoms with Crippen LogP contribution in [-0.4, -0.2) is 0 Å². The molecular formula is C16H17N. The standard InChI is InChI=1S/C16H17N/c1-5-9-12-14(6-2)17-15-11-8-7-10-13(15)16(12,3)4/h2,5,7-11,17H,1,3-4H3/b9-5-. The molecule has 0 atom stereocenters. The zero-order chi connectivity index (χ0) is 12.5. The van der Waals surface area contributed by atoms with E-state index in [2.05, 4.69) is 49.4 Å². The third kappa shape index (κ3) is 1.76. The van der Waals surface area contributed by atoms with Crippen molar-refractivity contribution in [2.24, 2.45) is 0 Å². The molecule has 1 heterocycles. The van der Waals surface area contributed by atoms with Gasteiger partial charge in [0.25, 0.3) is 0 Å². The Hall–Kier alpha value is -1.94. The predicted molar refractivity (Wildman–Crippen MR) is 73.8 cm³/mol. The molecule has 1 aromatic rings. The topological polar surface area (TPSA) is 12.0 Å². The highest BCUT2D eigenvalue weighted by atomic mass is 14.9. The summed E-state index contributed by atoms with van der Waals surface area (Å²) >= 11 is 0. The molecule has 0 unspecified atom stereocenters. The summed E-state index contributed by atoms with van der Waals surface area (Å²) in [7, 11) is 0. The van der Waals surface area contributed by atoms with Gasteiger partial charge in [0.2, 0.25) is 0 Å². The average Bonchev–Trinajstić information content (AvgIpc) is 2.33. The van der Waals surface area contributed by atoms with Crippen LogP contribution >= 0.6 is 0 Å². The lowest BCUT2D eigenvalue weighted by atomic mass is 9.74. The van der Waals surface area contributed by atoms with Crippen LogP contribution in [0.3, 0.4) is 0 Å². The van der Waals surface area contributed by atoms with Crippen LogP contribution in [0.4, 0.5) is 5.69 Å². The Morgan fingerprint density at radius 1 is 1.29 bits per heavy atom. The van der Waals surface area contributed by atoms with Crippen LogP contribution in [-0.2, 0) is 5.41 Å². The molecule has 2 rings (SSSR count). The number of rotatable bonds is 1. The van der Waals surface area contributed by atoms with Crippen molar-refractivity contribution in [3.8, 4) is 12.3 Å². The van der Waals surface area contributed by atoms with E-state index in [0.29, 0.717) is 0 Å². The van der Waals surface area contributed by atoms with E-state index in [1.54, 1.807) is 0 Å². The van der Waals surface area contributed by atoms with Gasteiger partial charge in [0, 0.05) is 11.1 Å². The molecule has 1 heteroatoms. The molecule has 86 valence electrons. The highest BCUT2D eigenvalue weighted by Gasteiger charge is 2.32. The second kappa shape index (κ2) is 4.14. The molecule has 1 aliphatic rings. The quantitative estimate of drug-likeness (QED) is 0.713. The summed E-state index contributed by atoms with van der Waals surface area (Å²) in [6, 6.07) is 8.31. The molecule has 1 aromatic carbocycles. The van der Waals surface area contributed by atoms with Crippen LogP contribution < -0.4 is 5.32 Å². The van der Waals surface area contributed by atoms with E-state index >= 15 is 0 Å². The van der Waals surface area contributed by atoms with E-state index < -0.39 is 0 Å². The summed E-state index contributed by atoms with van der Waals surface area (Å²) in [5.41, 5.74) is 4.37. The molecule has 0 amide bonds. The summed E-state index contributed by atoms with van der Waals surface area (Å²) < 4.78 is 0. The van der Waals surface area contributed by atoms with E-state index in [4.69, 9.17) is 6.42 Å². The number of hydrogen-bond donors (Lipinski definition) is 1. The normalized spacial score (nSPS) is 17.5. The Bertz CT molecular complexity index is 539. The maximum atomic E-state index is 5.60. The molecule has 0 aliphatic carbocycles. The number of nitrogens with one attached hydrogen (secondary N) is 1. The van der Waals surface area contributed by atoms with E-state index in [1.807, 2.05) is 19.1 Å². The number of allylic oxidation sites excluding steroid dienone is 4. The van der Waals surface area contributed by atoms with E-state index in [0.717, 1.165) is 11.4 Å². The van der Waals surface area contributed by atoms with E-state index in [9.17, 15) is 0 Å². The summed E-state index contributed by atoms with van der Waals surface area (Å²) in [5, 5.41) is 3.33. The molecule has 0 aromatic heterocycles. The minimum absolute atomic E-state index is 0.0595. The predicted octanol–water partition coefficient (Wildman–Crippen LogP) is 3.85. The van der Waals surface area contributed by atoms with Gasteiger partial charge in [-0.25, -0.2) is 0 Å². The van der Waals surface area contributed by atoms with Gasteiger partial charge in [-0.3, -0.25) is 0 Å². The van der Waals surface area contributed by atoms with Crippen LogP contribution in [0.1, 0.15) is 26.3 Å². The van der Waals surface area contributed by atoms with Crippen molar-refractivity contribution in [1.82, 2.24) is 0 Å². The summed E-state index contributed by atoms with van der Waals surface area (Å²) in [6.45, 7) is 6.43. The lowest BCUT2D eigenvalue weighted by Gasteiger charge is -2.35. The fourth-order valence-electron chi connectivity index (χ4n) is 2.37. The smallest absolute Gasteiger partial charge is 0.0936 e. The van der Waals surface area contributed by atoms with Gasteiger partial charge in [-0.05, 0) is 24.1 Å². The summed E-state index contributed by atoms with van der Waals surface area (Å²) in [5.74, 6) is 2.75. The van der Waals surface area contributed by atoms with Crippen LogP contribution in [0.15, 0.2) is 47.7 Å². The molecule has 1 N–H and O–H groups in total. The molecule has 0 spiro atoms.